The minimum Gasteiger partial charge on any atom is -0.497 e. The quantitative estimate of drug-likeness (QED) is 0.730. The number of carbonyl (C=O) groups excluding carboxylic acids is 2. The third-order valence-corrected chi connectivity index (χ3v) is 3.54. The van der Waals surface area contributed by atoms with Crippen LogP contribution in [0.1, 0.15) is 10.4 Å². The molecule has 0 radical (unpaired) electrons. The Hall–Kier alpha value is -2.25. The molecule has 4 N–H and O–H groups in total. The number of benzene rings is 2. The Labute approximate surface area is 146 Å². The second kappa shape index (κ2) is 7.34. The van der Waals surface area contributed by atoms with Crippen molar-refractivity contribution in [3.8, 4) is 5.75 Å². The van der Waals surface area contributed by atoms with Gasteiger partial charge in [0, 0.05) is 21.2 Å². The number of halogens is 2. The Bertz CT molecular complexity index is 747. The van der Waals surface area contributed by atoms with Gasteiger partial charge < -0.3 is 21.1 Å². The Kier molecular flexibility index (Phi) is 5.46. The maximum Gasteiger partial charge on any atom is 0.323 e. The lowest BCUT2D eigenvalue weighted by molar-refractivity contribution is 0.100. The van der Waals surface area contributed by atoms with E-state index in [9.17, 15) is 9.59 Å². The predicted molar refractivity (Wildman–Crippen MR) is 93.3 cm³/mol. The summed E-state index contributed by atoms with van der Waals surface area (Å²) in [6.07, 6.45) is 0. The number of hydrogen-bond donors (Lipinski definition) is 3. The van der Waals surface area contributed by atoms with Crippen LogP contribution >= 0.6 is 27.5 Å². The summed E-state index contributed by atoms with van der Waals surface area (Å²) in [5.74, 6) is -0.177. The average molecular weight is 399 g/mol. The zero-order valence-corrected chi connectivity index (χ0v) is 14.4. The summed E-state index contributed by atoms with van der Waals surface area (Å²) in [6, 6.07) is 8.99. The van der Waals surface area contributed by atoms with Gasteiger partial charge in [0.1, 0.15) is 5.75 Å². The molecule has 0 aliphatic heterocycles. The van der Waals surface area contributed by atoms with E-state index >= 15 is 0 Å². The third kappa shape index (κ3) is 4.61. The van der Waals surface area contributed by atoms with Gasteiger partial charge in [-0.25, -0.2) is 4.79 Å². The van der Waals surface area contributed by atoms with E-state index in [1.165, 1.54) is 19.2 Å². The Morgan fingerprint density at radius 1 is 1.17 bits per heavy atom. The topological polar surface area (TPSA) is 93.4 Å². The van der Waals surface area contributed by atoms with Crippen molar-refractivity contribution in [3.63, 3.8) is 0 Å². The van der Waals surface area contributed by atoms with E-state index in [-0.39, 0.29) is 11.3 Å². The summed E-state index contributed by atoms with van der Waals surface area (Å²) >= 11 is 9.21. The minimum atomic E-state index is -0.659. The molecular formula is C15H13BrClN3O3. The first kappa shape index (κ1) is 17.1. The molecule has 0 atom stereocenters. The molecule has 2 aromatic carbocycles. The summed E-state index contributed by atoms with van der Waals surface area (Å²) in [6.45, 7) is 0. The summed E-state index contributed by atoms with van der Waals surface area (Å²) in [5, 5.41) is 5.65. The first-order valence-corrected chi connectivity index (χ1v) is 7.58. The standard InChI is InChI=1S/C15H13BrClN3O3/c1-23-11-2-3-12(14(18)21)13(7-11)20-15(22)19-10-5-8(16)4-9(17)6-10/h2-7H,1H3,(H2,18,21)(H2,19,20,22). The van der Waals surface area contributed by atoms with Gasteiger partial charge in [0.2, 0.25) is 0 Å². The van der Waals surface area contributed by atoms with Crippen molar-refractivity contribution in [1.82, 2.24) is 0 Å². The molecule has 0 spiro atoms. The van der Waals surface area contributed by atoms with Gasteiger partial charge >= 0.3 is 6.03 Å². The van der Waals surface area contributed by atoms with E-state index < -0.39 is 11.9 Å². The smallest absolute Gasteiger partial charge is 0.323 e. The lowest BCUT2D eigenvalue weighted by Crippen LogP contribution is -2.22. The van der Waals surface area contributed by atoms with Crippen LogP contribution in [0.5, 0.6) is 5.75 Å². The molecule has 0 bridgehead atoms. The number of carbonyl (C=O) groups is 2. The van der Waals surface area contributed by atoms with Crippen LogP contribution in [0.4, 0.5) is 16.2 Å². The SMILES string of the molecule is COc1ccc(C(N)=O)c(NC(=O)Nc2cc(Cl)cc(Br)c2)c1. The van der Waals surface area contributed by atoms with Crippen LogP contribution < -0.4 is 21.1 Å². The molecule has 0 aromatic heterocycles. The number of nitrogens with one attached hydrogen (secondary N) is 2. The van der Waals surface area contributed by atoms with Crippen molar-refractivity contribution < 1.29 is 14.3 Å². The largest absolute Gasteiger partial charge is 0.497 e. The number of methoxy groups -OCH3 is 1. The van der Waals surface area contributed by atoms with Crippen molar-refractivity contribution in [2.45, 2.75) is 0 Å². The van der Waals surface area contributed by atoms with Gasteiger partial charge in [-0.1, -0.05) is 27.5 Å². The van der Waals surface area contributed by atoms with Crippen LogP contribution in [-0.2, 0) is 0 Å². The highest BCUT2D eigenvalue weighted by Crippen LogP contribution is 2.24. The second-order valence-corrected chi connectivity index (χ2v) is 5.87. The van der Waals surface area contributed by atoms with E-state index in [4.69, 9.17) is 22.1 Å². The van der Waals surface area contributed by atoms with E-state index in [1.807, 2.05) is 0 Å². The van der Waals surface area contributed by atoms with Gasteiger partial charge in [0.25, 0.3) is 5.91 Å². The predicted octanol–water partition coefficient (Wildman–Crippen LogP) is 3.85. The lowest BCUT2D eigenvalue weighted by atomic mass is 10.1. The lowest BCUT2D eigenvalue weighted by Gasteiger charge is -2.12. The number of urea groups is 1. The molecule has 6 nitrogen and oxygen atoms in total. The van der Waals surface area contributed by atoms with Crippen molar-refractivity contribution in [1.29, 1.82) is 0 Å². The fraction of sp³-hybridized carbons (Fsp3) is 0.0667. The minimum absolute atomic E-state index is 0.174. The van der Waals surface area contributed by atoms with Crippen molar-refractivity contribution in [2.75, 3.05) is 17.7 Å². The second-order valence-electron chi connectivity index (χ2n) is 4.51. The molecule has 0 heterocycles. The number of anilines is 2. The number of rotatable bonds is 4. The van der Waals surface area contributed by atoms with Crippen LogP contribution in [0.25, 0.3) is 0 Å². The highest BCUT2D eigenvalue weighted by atomic mass is 79.9. The Balaban J connectivity index is 2.20. The Morgan fingerprint density at radius 2 is 1.91 bits per heavy atom. The highest BCUT2D eigenvalue weighted by Gasteiger charge is 2.12. The molecule has 0 saturated carbocycles. The zero-order chi connectivity index (χ0) is 17.0. The van der Waals surface area contributed by atoms with Crippen LogP contribution in [-0.4, -0.2) is 19.0 Å². The third-order valence-electron chi connectivity index (χ3n) is 2.86. The molecule has 8 heteroatoms. The fourth-order valence-corrected chi connectivity index (χ4v) is 2.74. The summed E-state index contributed by atoms with van der Waals surface area (Å²) in [5.41, 5.74) is 6.21. The molecule has 23 heavy (non-hydrogen) atoms. The van der Waals surface area contributed by atoms with Crippen molar-refractivity contribution in [3.05, 3.63) is 51.5 Å². The summed E-state index contributed by atoms with van der Waals surface area (Å²) in [7, 11) is 1.48. The average Bonchev–Trinajstić information content (AvgIpc) is 2.45. The van der Waals surface area contributed by atoms with Gasteiger partial charge in [-0.3, -0.25) is 4.79 Å². The number of ether oxygens (including phenoxy) is 1. The summed E-state index contributed by atoms with van der Waals surface area (Å²) < 4.78 is 5.80. The van der Waals surface area contributed by atoms with Gasteiger partial charge in [0.05, 0.1) is 18.4 Å². The molecule has 0 aliphatic carbocycles. The molecule has 2 aromatic rings. The van der Waals surface area contributed by atoms with E-state index in [2.05, 4.69) is 26.6 Å². The number of nitrogens with two attached hydrogens (primary N) is 1. The number of amides is 3. The highest BCUT2D eigenvalue weighted by molar-refractivity contribution is 9.10. The van der Waals surface area contributed by atoms with Crippen LogP contribution in [0.2, 0.25) is 5.02 Å². The molecule has 0 aliphatic rings. The summed E-state index contributed by atoms with van der Waals surface area (Å²) in [4.78, 5) is 23.5. The van der Waals surface area contributed by atoms with Gasteiger partial charge in [0.15, 0.2) is 0 Å². The first-order chi connectivity index (χ1) is 10.9. The molecule has 3 amide bonds. The van der Waals surface area contributed by atoms with Gasteiger partial charge in [-0.15, -0.1) is 0 Å². The van der Waals surface area contributed by atoms with Crippen LogP contribution in [0, 0.1) is 0 Å². The molecule has 0 fully saturated rings. The number of hydrogen-bond acceptors (Lipinski definition) is 3. The normalized spacial score (nSPS) is 10.0. The molecular weight excluding hydrogens is 386 g/mol. The molecule has 0 unspecified atom stereocenters. The number of primary amides is 1. The van der Waals surface area contributed by atoms with Gasteiger partial charge in [-0.2, -0.15) is 0 Å². The van der Waals surface area contributed by atoms with Crippen LogP contribution in [0.3, 0.4) is 0 Å². The zero-order valence-electron chi connectivity index (χ0n) is 12.0. The van der Waals surface area contributed by atoms with Crippen molar-refractivity contribution >= 4 is 50.8 Å². The van der Waals surface area contributed by atoms with E-state index in [0.717, 1.165) is 4.47 Å². The van der Waals surface area contributed by atoms with Crippen molar-refractivity contribution in [2.24, 2.45) is 5.73 Å². The monoisotopic (exact) mass is 397 g/mol. The molecule has 120 valence electrons. The van der Waals surface area contributed by atoms with E-state index in [0.29, 0.717) is 16.5 Å². The Morgan fingerprint density at radius 3 is 2.52 bits per heavy atom. The van der Waals surface area contributed by atoms with E-state index in [1.54, 1.807) is 24.3 Å². The fourth-order valence-electron chi connectivity index (χ4n) is 1.88. The molecule has 2 rings (SSSR count). The van der Waals surface area contributed by atoms with Crippen LogP contribution in [0.15, 0.2) is 40.9 Å². The maximum absolute atomic E-state index is 12.1. The first-order valence-electron chi connectivity index (χ1n) is 6.41. The molecule has 0 saturated heterocycles. The van der Waals surface area contributed by atoms with Gasteiger partial charge in [-0.05, 0) is 30.3 Å². The maximum atomic E-state index is 12.1.